The summed E-state index contributed by atoms with van der Waals surface area (Å²) in [5.41, 5.74) is 8.88. The van der Waals surface area contributed by atoms with Gasteiger partial charge in [-0.25, -0.2) is 9.38 Å². The molecule has 1 atom stereocenters. The first-order chi connectivity index (χ1) is 20.3. The number of allylic oxidation sites excluding steroid dienone is 1. The molecule has 7 rings (SSSR count). The topological polar surface area (TPSA) is 48.5 Å². The van der Waals surface area contributed by atoms with E-state index in [1.807, 2.05) is 65.5 Å². The van der Waals surface area contributed by atoms with Crippen LogP contribution in [0.25, 0.3) is 17.5 Å². The number of ether oxygens (including phenoxy) is 1. The zero-order valence-corrected chi connectivity index (χ0v) is 24.9. The van der Waals surface area contributed by atoms with Crippen LogP contribution in [0, 0.1) is 19.7 Å². The van der Waals surface area contributed by atoms with E-state index in [0.29, 0.717) is 15.0 Å². The van der Waals surface area contributed by atoms with Gasteiger partial charge in [0, 0.05) is 22.6 Å². The number of aromatic nitrogens is 2. The minimum absolute atomic E-state index is 0.0766. The van der Waals surface area contributed by atoms with E-state index in [-0.39, 0.29) is 16.6 Å². The van der Waals surface area contributed by atoms with Gasteiger partial charge in [-0.2, -0.15) is 0 Å². The Morgan fingerprint density at radius 2 is 1.83 bits per heavy atom. The van der Waals surface area contributed by atoms with E-state index >= 15 is 0 Å². The van der Waals surface area contributed by atoms with E-state index in [0.717, 1.165) is 57.9 Å². The first kappa shape index (κ1) is 26.7. The molecule has 2 aromatic heterocycles. The standard InChI is InChI=1S/C34H27ClFN3O2S/c1-19-16-23(20(2)38(19)24-11-15-28(35)29(36)18-24)17-30-33(40)39-32(22-8-12-25(41-3)13-9-22)27-14-10-21-6-4-5-7-26(21)31(27)37-34(39)42-30/h4-9,11-13,15-18,32H,10,14H2,1-3H3/b30-17-/t32-/m0/s1. The predicted molar refractivity (Wildman–Crippen MR) is 166 cm³/mol. The third kappa shape index (κ3) is 4.27. The minimum atomic E-state index is -0.472. The highest BCUT2D eigenvalue weighted by atomic mass is 35.5. The van der Waals surface area contributed by atoms with Crippen LogP contribution in [0.4, 0.5) is 4.39 Å². The lowest BCUT2D eigenvalue weighted by Gasteiger charge is -2.30. The van der Waals surface area contributed by atoms with Crippen molar-refractivity contribution < 1.29 is 9.13 Å². The zero-order chi connectivity index (χ0) is 29.1. The van der Waals surface area contributed by atoms with Gasteiger partial charge in [0.25, 0.3) is 5.56 Å². The van der Waals surface area contributed by atoms with Gasteiger partial charge < -0.3 is 9.30 Å². The van der Waals surface area contributed by atoms with Crippen LogP contribution in [0.3, 0.4) is 0 Å². The molecule has 42 heavy (non-hydrogen) atoms. The van der Waals surface area contributed by atoms with Crippen LogP contribution in [0.5, 0.6) is 5.75 Å². The Balaban J connectivity index is 1.42. The van der Waals surface area contributed by atoms with Crippen LogP contribution in [0.15, 0.2) is 88.2 Å². The summed E-state index contributed by atoms with van der Waals surface area (Å²) in [5, 5.41) is 0.0827. The molecule has 3 heterocycles. The van der Waals surface area contributed by atoms with Crippen LogP contribution in [0.2, 0.25) is 5.02 Å². The minimum Gasteiger partial charge on any atom is -0.497 e. The largest absolute Gasteiger partial charge is 0.497 e. The van der Waals surface area contributed by atoms with E-state index in [2.05, 4.69) is 18.2 Å². The average Bonchev–Trinajstić information content (AvgIpc) is 3.46. The van der Waals surface area contributed by atoms with Gasteiger partial charge in [0.2, 0.25) is 0 Å². The molecule has 5 nitrogen and oxygen atoms in total. The first-order valence-corrected chi connectivity index (χ1v) is 14.9. The fraction of sp³-hybridized carbons (Fsp3) is 0.176. The molecule has 2 aliphatic rings. The SMILES string of the molecule is COc1ccc([C@H]2C3=C(N=c4s/c(=C\c5cc(C)n(-c6ccc(Cl)c(F)c6)c5C)c(=O)n42)c2ccccc2CC3)cc1. The molecule has 3 aromatic carbocycles. The zero-order valence-electron chi connectivity index (χ0n) is 23.3. The Bertz CT molecular complexity index is 2100. The van der Waals surface area contributed by atoms with Gasteiger partial charge in [-0.3, -0.25) is 9.36 Å². The molecular formula is C34H27ClFN3O2S. The van der Waals surface area contributed by atoms with Crippen molar-refractivity contribution in [3.05, 3.63) is 143 Å². The van der Waals surface area contributed by atoms with Gasteiger partial charge in [0.1, 0.15) is 11.6 Å². The molecule has 1 aliphatic carbocycles. The molecule has 210 valence electrons. The third-order valence-corrected chi connectivity index (χ3v) is 9.51. The maximum Gasteiger partial charge on any atom is 0.271 e. The first-order valence-electron chi connectivity index (χ1n) is 13.8. The number of fused-ring (bicyclic) bond motifs is 3. The highest BCUT2D eigenvalue weighted by Gasteiger charge is 2.32. The summed E-state index contributed by atoms with van der Waals surface area (Å²) in [5.74, 6) is 0.297. The normalized spacial score (nSPS) is 16.1. The summed E-state index contributed by atoms with van der Waals surface area (Å²) in [6, 6.07) is 22.9. The molecular weight excluding hydrogens is 569 g/mol. The molecule has 0 N–H and O–H groups in total. The van der Waals surface area contributed by atoms with Gasteiger partial charge in [0.05, 0.1) is 28.4 Å². The van der Waals surface area contributed by atoms with Crippen molar-refractivity contribution in [1.82, 2.24) is 9.13 Å². The van der Waals surface area contributed by atoms with E-state index in [9.17, 15) is 9.18 Å². The number of benzene rings is 3. The number of hydrogen-bond acceptors (Lipinski definition) is 4. The lowest BCUT2D eigenvalue weighted by molar-refractivity contribution is 0.414. The second-order valence-corrected chi connectivity index (χ2v) is 12.1. The van der Waals surface area contributed by atoms with Crippen molar-refractivity contribution in [1.29, 1.82) is 0 Å². The van der Waals surface area contributed by atoms with Crippen LogP contribution in [-0.2, 0) is 6.42 Å². The molecule has 0 spiro atoms. The summed E-state index contributed by atoms with van der Waals surface area (Å²) in [7, 11) is 1.65. The molecule has 0 bridgehead atoms. The third-order valence-electron chi connectivity index (χ3n) is 8.22. The number of thiazole rings is 1. The highest BCUT2D eigenvalue weighted by molar-refractivity contribution is 7.07. The van der Waals surface area contributed by atoms with Crippen molar-refractivity contribution in [2.75, 3.05) is 7.11 Å². The molecule has 0 saturated heterocycles. The summed E-state index contributed by atoms with van der Waals surface area (Å²) in [4.78, 5) is 19.9. The Morgan fingerprint density at radius 3 is 2.60 bits per heavy atom. The number of hydrogen-bond donors (Lipinski definition) is 0. The van der Waals surface area contributed by atoms with Crippen molar-refractivity contribution in [2.24, 2.45) is 4.99 Å². The highest BCUT2D eigenvalue weighted by Crippen LogP contribution is 2.41. The van der Waals surface area contributed by atoms with E-state index < -0.39 is 5.82 Å². The van der Waals surface area contributed by atoms with Crippen LogP contribution in [-0.4, -0.2) is 16.2 Å². The second-order valence-electron chi connectivity index (χ2n) is 10.6. The van der Waals surface area contributed by atoms with Crippen LogP contribution in [0.1, 0.15) is 46.1 Å². The second kappa shape index (κ2) is 10.3. The number of methoxy groups -OCH3 is 1. The number of aryl methyl sites for hydroxylation is 2. The Labute approximate surface area is 251 Å². The van der Waals surface area contributed by atoms with Gasteiger partial charge in [-0.1, -0.05) is 59.3 Å². The fourth-order valence-electron chi connectivity index (χ4n) is 6.21. The van der Waals surface area contributed by atoms with Crippen molar-refractivity contribution in [3.8, 4) is 11.4 Å². The van der Waals surface area contributed by atoms with Crippen molar-refractivity contribution >= 4 is 34.7 Å². The predicted octanol–water partition coefficient (Wildman–Crippen LogP) is 6.53. The molecule has 0 unspecified atom stereocenters. The summed E-state index contributed by atoms with van der Waals surface area (Å²) >= 11 is 7.33. The van der Waals surface area contributed by atoms with E-state index in [4.69, 9.17) is 21.3 Å². The Hall–Kier alpha value is -4.20. The molecule has 8 heteroatoms. The fourth-order valence-corrected chi connectivity index (χ4v) is 7.31. The molecule has 1 aliphatic heterocycles. The molecule has 0 fully saturated rings. The van der Waals surface area contributed by atoms with Gasteiger partial charge in [-0.15, -0.1) is 0 Å². The summed E-state index contributed by atoms with van der Waals surface area (Å²) in [6.07, 6.45) is 3.66. The molecule has 5 aromatic rings. The maximum absolute atomic E-state index is 14.3. The lowest BCUT2D eigenvalue weighted by Crippen LogP contribution is -2.38. The van der Waals surface area contributed by atoms with E-state index in [1.54, 1.807) is 19.2 Å². The Morgan fingerprint density at radius 1 is 1.05 bits per heavy atom. The van der Waals surface area contributed by atoms with Crippen molar-refractivity contribution in [2.45, 2.75) is 32.7 Å². The number of rotatable bonds is 4. The average molecular weight is 596 g/mol. The summed E-state index contributed by atoms with van der Waals surface area (Å²) in [6.45, 7) is 3.94. The van der Waals surface area contributed by atoms with Gasteiger partial charge in [0.15, 0.2) is 4.80 Å². The number of nitrogens with zero attached hydrogens (tertiary/aromatic N) is 3. The van der Waals surface area contributed by atoms with Gasteiger partial charge in [-0.05, 0) is 91.4 Å². The molecule has 0 radical (unpaired) electrons. The summed E-state index contributed by atoms with van der Waals surface area (Å²) < 4.78 is 24.1. The van der Waals surface area contributed by atoms with Crippen molar-refractivity contribution in [3.63, 3.8) is 0 Å². The van der Waals surface area contributed by atoms with Crippen LogP contribution < -0.4 is 19.6 Å². The van der Waals surface area contributed by atoms with Crippen LogP contribution >= 0.6 is 22.9 Å². The Kier molecular flexibility index (Phi) is 6.52. The monoisotopic (exact) mass is 595 g/mol. The lowest BCUT2D eigenvalue weighted by atomic mass is 9.83. The van der Waals surface area contributed by atoms with E-state index in [1.165, 1.54) is 23.0 Å². The number of halogens is 2. The quantitative estimate of drug-likeness (QED) is 0.237. The smallest absolute Gasteiger partial charge is 0.271 e. The molecule has 0 saturated carbocycles. The maximum atomic E-state index is 14.3. The molecule has 0 amide bonds. The van der Waals surface area contributed by atoms with Gasteiger partial charge >= 0.3 is 0 Å².